The molecule has 28 heavy (non-hydrogen) atoms. The molecule has 0 saturated carbocycles. The van der Waals surface area contributed by atoms with Gasteiger partial charge in [-0.2, -0.15) is 0 Å². The normalized spacial score (nSPS) is 13.1. The van der Waals surface area contributed by atoms with E-state index in [1.807, 2.05) is 12.1 Å². The number of carboxylic acids is 1. The molecule has 1 aromatic rings. The summed E-state index contributed by atoms with van der Waals surface area (Å²) in [6.07, 6.45) is 13.0. The molecule has 4 nitrogen and oxygen atoms in total. The van der Waals surface area contributed by atoms with Crippen molar-refractivity contribution in [3.05, 3.63) is 59.3 Å². The van der Waals surface area contributed by atoms with Gasteiger partial charge >= 0.3 is 176 Å². The molecule has 1 rings (SSSR count). The van der Waals surface area contributed by atoms with Crippen molar-refractivity contribution >= 4 is 26.7 Å². The summed E-state index contributed by atoms with van der Waals surface area (Å²) in [4.78, 5) is 15.6. The summed E-state index contributed by atoms with van der Waals surface area (Å²) in [7, 11) is 0. The fraction of sp³-hybridized carbons (Fsp3) is 0.478. The molecule has 0 saturated heterocycles. The molecule has 0 aliphatic heterocycles. The van der Waals surface area contributed by atoms with Crippen LogP contribution >= 0.6 is 0 Å². The number of nitrogens with zero attached hydrogens (tertiary/aromatic N) is 1. The minimum atomic E-state index is -0.818. The molecule has 0 spiro atoms. The molecule has 1 atom stereocenters. The van der Waals surface area contributed by atoms with Crippen LogP contribution in [0.5, 0.6) is 0 Å². The molecule has 0 fully saturated rings. The molecule has 2 N–H and O–H groups in total. The number of pyridine rings is 1. The minimum absolute atomic E-state index is 0.252. The summed E-state index contributed by atoms with van der Waals surface area (Å²) in [6.45, 7) is 8.66. The molecule has 5 heteroatoms. The molecule has 1 aromatic heterocycles. The standard InChI is InChI=1S/C23H34N2O2Se/c1-18(2)9-7-10-19(3)11-8-12-20(4)14-16-28-17-21(23(26)27)25-22-13-5-6-15-24-22/h5-6,9,11,13-15,21H,7-8,10,12,16-17H2,1-4H3,(H,24,25)(H,26,27)/b19-11+,20-14+. The zero-order chi connectivity index (χ0) is 20.8. The topological polar surface area (TPSA) is 62.2 Å². The molecule has 154 valence electrons. The zero-order valence-electron chi connectivity index (χ0n) is 17.6. The quantitative estimate of drug-likeness (QED) is 0.223. The van der Waals surface area contributed by atoms with E-state index >= 15 is 0 Å². The maximum absolute atomic E-state index is 11.4. The summed E-state index contributed by atoms with van der Waals surface area (Å²) in [5, 5.41) is 14.0. The first-order valence-corrected chi connectivity index (χ1v) is 12.2. The third-order valence-electron chi connectivity index (χ3n) is 4.24. The van der Waals surface area contributed by atoms with Gasteiger partial charge in [0.25, 0.3) is 0 Å². The van der Waals surface area contributed by atoms with E-state index in [1.165, 1.54) is 16.7 Å². The van der Waals surface area contributed by atoms with Crippen LogP contribution in [0, 0.1) is 0 Å². The Hall–Kier alpha value is -1.84. The average Bonchev–Trinajstić information content (AvgIpc) is 2.64. The van der Waals surface area contributed by atoms with Crippen molar-refractivity contribution in [2.45, 2.75) is 70.1 Å². The van der Waals surface area contributed by atoms with Crippen molar-refractivity contribution in [1.29, 1.82) is 0 Å². The van der Waals surface area contributed by atoms with Crippen molar-refractivity contribution in [2.75, 3.05) is 5.32 Å². The molecule has 0 bridgehead atoms. The number of allylic oxidation sites excluding steroid dienone is 6. The first-order valence-electron chi connectivity index (χ1n) is 9.81. The summed E-state index contributed by atoms with van der Waals surface area (Å²) < 4.78 is 0. The number of aromatic nitrogens is 1. The Morgan fingerprint density at radius 2 is 1.79 bits per heavy atom. The van der Waals surface area contributed by atoms with Crippen LogP contribution in [0.2, 0.25) is 10.6 Å². The zero-order valence-corrected chi connectivity index (χ0v) is 19.3. The van der Waals surface area contributed by atoms with Crippen LogP contribution in [0.15, 0.2) is 59.3 Å². The molecule has 1 unspecified atom stereocenters. The van der Waals surface area contributed by atoms with Gasteiger partial charge in [0.1, 0.15) is 0 Å². The van der Waals surface area contributed by atoms with E-state index in [0.29, 0.717) is 11.1 Å². The van der Waals surface area contributed by atoms with Gasteiger partial charge in [0.2, 0.25) is 0 Å². The van der Waals surface area contributed by atoms with Crippen LogP contribution in [0.1, 0.15) is 53.4 Å². The van der Waals surface area contributed by atoms with E-state index in [4.69, 9.17) is 0 Å². The van der Waals surface area contributed by atoms with Gasteiger partial charge in [-0.15, -0.1) is 0 Å². The molecule has 0 aromatic carbocycles. The number of carbonyl (C=O) groups is 1. The fourth-order valence-electron chi connectivity index (χ4n) is 2.53. The number of hydrogen-bond acceptors (Lipinski definition) is 3. The van der Waals surface area contributed by atoms with Crippen molar-refractivity contribution in [1.82, 2.24) is 4.98 Å². The van der Waals surface area contributed by atoms with E-state index in [9.17, 15) is 9.90 Å². The fourth-order valence-corrected chi connectivity index (χ4v) is 4.63. The predicted molar refractivity (Wildman–Crippen MR) is 120 cm³/mol. The van der Waals surface area contributed by atoms with Gasteiger partial charge in [-0.25, -0.2) is 0 Å². The summed E-state index contributed by atoms with van der Waals surface area (Å²) in [5.74, 6) is -0.203. The molecular formula is C23H34N2O2Se. The number of aliphatic carboxylic acids is 1. The monoisotopic (exact) mass is 450 g/mol. The molecular weight excluding hydrogens is 415 g/mol. The second-order valence-electron chi connectivity index (χ2n) is 7.25. The van der Waals surface area contributed by atoms with E-state index in [1.54, 1.807) is 12.3 Å². The van der Waals surface area contributed by atoms with E-state index in [-0.39, 0.29) is 15.0 Å². The Labute approximate surface area is 176 Å². The van der Waals surface area contributed by atoms with E-state index < -0.39 is 12.0 Å². The Bertz CT molecular complexity index is 677. The molecule has 0 aliphatic carbocycles. The summed E-state index contributed by atoms with van der Waals surface area (Å²) >= 11 is 0.252. The van der Waals surface area contributed by atoms with Gasteiger partial charge in [0.15, 0.2) is 0 Å². The SMILES string of the molecule is CC(C)=CCC/C(C)=C/CC/C(C)=C/C[Se]CC(Nc1ccccn1)C(=O)O. The third-order valence-corrected chi connectivity index (χ3v) is 6.28. The van der Waals surface area contributed by atoms with Crippen LogP contribution in [0.4, 0.5) is 5.82 Å². The van der Waals surface area contributed by atoms with Crippen molar-refractivity contribution < 1.29 is 9.90 Å². The Balaban J connectivity index is 2.30. The summed E-state index contributed by atoms with van der Waals surface area (Å²) in [5.41, 5.74) is 4.23. The molecule has 1 heterocycles. The Morgan fingerprint density at radius 3 is 2.39 bits per heavy atom. The number of rotatable bonds is 13. The number of anilines is 1. The van der Waals surface area contributed by atoms with E-state index in [2.05, 4.69) is 56.2 Å². The Morgan fingerprint density at radius 1 is 1.11 bits per heavy atom. The van der Waals surface area contributed by atoms with Crippen LogP contribution < -0.4 is 5.32 Å². The van der Waals surface area contributed by atoms with Crippen LogP contribution in [0.25, 0.3) is 0 Å². The number of carboxylic acid groups (broad SMARTS) is 1. The molecule has 0 radical (unpaired) electrons. The molecule has 0 aliphatic rings. The second kappa shape index (κ2) is 14.2. The second-order valence-corrected chi connectivity index (χ2v) is 9.50. The van der Waals surface area contributed by atoms with Gasteiger partial charge in [-0.05, 0) is 0 Å². The van der Waals surface area contributed by atoms with Gasteiger partial charge in [0, 0.05) is 0 Å². The van der Waals surface area contributed by atoms with Gasteiger partial charge in [-0.3, -0.25) is 0 Å². The first-order chi connectivity index (χ1) is 13.4. The van der Waals surface area contributed by atoms with Gasteiger partial charge in [-0.1, -0.05) is 0 Å². The van der Waals surface area contributed by atoms with Crippen LogP contribution in [0.3, 0.4) is 0 Å². The number of hydrogen-bond donors (Lipinski definition) is 2. The van der Waals surface area contributed by atoms with Crippen molar-refractivity contribution in [3.8, 4) is 0 Å². The predicted octanol–water partition coefficient (Wildman–Crippen LogP) is 5.91. The van der Waals surface area contributed by atoms with Crippen LogP contribution in [-0.4, -0.2) is 37.1 Å². The van der Waals surface area contributed by atoms with Crippen molar-refractivity contribution in [3.63, 3.8) is 0 Å². The molecule has 0 amide bonds. The third kappa shape index (κ3) is 11.8. The van der Waals surface area contributed by atoms with Gasteiger partial charge in [0.05, 0.1) is 0 Å². The van der Waals surface area contributed by atoms with Gasteiger partial charge < -0.3 is 0 Å². The summed E-state index contributed by atoms with van der Waals surface area (Å²) in [6, 6.07) is 4.89. The Kier molecular flexibility index (Phi) is 12.3. The van der Waals surface area contributed by atoms with Crippen molar-refractivity contribution in [2.24, 2.45) is 0 Å². The average molecular weight is 449 g/mol. The first kappa shape index (κ1) is 24.2. The maximum atomic E-state index is 11.4. The number of nitrogens with one attached hydrogen (secondary N) is 1. The van der Waals surface area contributed by atoms with Crippen LogP contribution in [-0.2, 0) is 4.79 Å². The van der Waals surface area contributed by atoms with E-state index in [0.717, 1.165) is 31.0 Å².